The van der Waals surface area contributed by atoms with Gasteiger partial charge in [-0.2, -0.15) is 0 Å². The highest BCUT2D eigenvalue weighted by atomic mass is 35.5. The Kier molecular flexibility index (Phi) is 4.18. The van der Waals surface area contributed by atoms with Gasteiger partial charge in [0.25, 0.3) is 0 Å². The molecule has 106 valence electrons. The molecule has 0 saturated carbocycles. The smallest absolute Gasteiger partial charge is 0.0704 e. The van der Waals surface area contributed by atoms with E-state index >= 15 is 0 Å². The Morgan fingerprint density at radius 1 is 0.952 bits per heavy atom. The highest BCUT2D eigenvalue weighted by Crippen LogP contribution is 2.18. The SMILES string of the molecule is NC(Cc1ccc(Cl)cc1)Cc1ccnc2ccccc12. The molecule has 2 nitrogen and oxygen atoms in total. The summed E-state index contributed by atoms with van der Waals surface area (Å²) >= 11 is 5.91. The van der Waals surface area contributed by atoms with Gasteiger partial charge in [0.15, 0.2) is 0 Å². The molecular formula is C18H17ClN2. The van der Waals surface area contributed by atoms with Crippen molar-refractivity contribution in [3.8, 4) is 0 Å². The Morgan fingerprint density at radius 3 is 2.52 bits per heavy atom. The van der Waals surface area contributed by atoms with Crippen LogP contribution >= 0.6 is 11.6 Å². The second-order valence-corrected chi connectivity index (χ2v) is 5.72. The largest absolute Gasteiger partial charge is 0.327 e. The van der Waals surface area contributed by atoms with Crippen molar-refractivity contribution in [1.29, 1.82) is 0 Å². The molecule has 21 heavy (non-hydrogen) atoms. The summed E-state index contributed by atoms with van der Waals surface area (Å²) in [4.78, 5) is 4.39. The second kappa shape index (κ2) is 6.25. The first-order valence-corrected chi connectivity index (χ1v) is 7.43. The number of para-hydroxylation sites is 1. The lowest BCUT2D eigenvalue weighted by atomic mass is 9.97. The van der Waals surface area contributed by atoms with E-state index in [0.29, 0.717) is 0 Å². The summed E-state index contributed by atoms with van der Waals surface area (Å²) in [7, 11) is 0. The van der Waals surface area contributed by atoms with E-state index in [1.165, 1.54) is 16.5 Å². The van der Waals surface area contributed by atoms with Crippen molar-refractivity contribution in [2.45, 2.75) is 18.9 Å². The van der Waals surface area contributed by atoms with Crippen molar-refractivity contribution in [2.75, 3.05) is 0 Å². The Balaban J connectivity index is 1.77. The highest BCUT2D eigenvalue weighted by Gasteiger charge is 2.08. The van der Waals surface area contributed by atoms with Crippen molar-refractivity contribution in [3.05, 3.63) is 76.9 Å². The molecule has 1 unspecified atom stereocenters. The third-order valence-corrected chi connectivity index (χ3v) is 3.88. The molecule has 0 spiro atoms. The lowest BCUT2D eigenvalue weighted by Gasteiger charge is -2.13. The van der Waals surface area contributed by atoms with Crippen LogP contribution in [0.5, 0.6) is 0 Å². The number of pyridine rings is 1. The second-order valence-electron chi connectivity index (χ2n) is 5.28. The van der Waals surface area contributed by atoms with Crippen LogP contribution in [0, 0.1) is 0 Å². The number of benzene rings is 2. The zero-order valence-corrected chi connectivity index (χ0v) is 12.4. The zero-order valence-electron chi connectivity index (χ0n) is 11.7. The molecule has 1 aromatic heterocycles. The first kappa shape index (κ1) is 14.1. The minimum absolute atomic E-state index is 0.0805. The van der Waals surface area contributed by atoms with Gasteiger partial charge in [-0.1, -0.05) is 41.9 Å². The number of nitrogens with two attached hydrogens (primary N) is 1. The summed E-state index contributed by atoms with van der Waals surface area (Å²) in [6.07, 6.45) is 3.53. The number of hydrogen-bond donors (Lipinski definition) is 1. The molecule has 3 aromatic rings. The summed E-state index contributed by atoms with van der Waals surface area (Å²) < 4.78 is 0. The van der Waals surface area contributed by atoms with Gasteiger partial charge >= 0.3 is 0 Å². The van der Waals surface area contributed by atoms with E-state index in [-0.39, 0.29) is 6.04 Å². The first-order chi connectivity index (χ1) is 10.2. The standard InChI is InChI=1S/C18H17ClN2/c19-15-7-5-13(6-8-15)11-16(20)12-14-9-10-21-18-4-2-1-3-17(14)18/h1-10,16H,11-12,20H2. The first-order valence-electron chi connectivity index (χ1n) is 7.05. The molecule has 1 atom stereocenters. The van der Waals surface area contributed by atoms with E-state index < -0.39 is 0 Å². The molecule has 0 aliphatic carbocycles. The molecule has 0 aliphatic heterocycles. The lowest BCUT2D eigenvalue weighted by Crippen LogP contribution is -2.25. The van der Waals surface area contributed by atoms with Crippen LogP contribution in [0.4, 0.5) is 0 Å². The molecule has 3 rings (SSSR count). The van der Waals surface area contributed by atoms with E-state index in [4.69, 9.17) is 17.3 Å². The Morgan fingerprint density at radius 2 is 1.71 bits per heavy atom. The summed E-state index contributed by atoms with van der Waals surface area (Å²) in [6.45, 7) is 0. The molecule has 0 bridgehead atoms. The van der Waals surface area contributed by atoms with Gasteiger partial charge in [0.1, 0.15) is 0 Å². The summed E-state index contributed by atoms with van der Waals surface area (Å²) in [5, 5.41) is 1.94. The maximum absolute atomic E-state index is 6.31. The normalized spacial score (nSPS) is 12.5. The fraction of sp³-hybridized carbons (Fsp3) is 0.167. The third kappa shape index (κ3) is 3.41. The lowest BCUT2D eigenvalue weighted by molar-refractivity contribution is 0.667. The van der Waals surface area contributed by atoms with Gasteiger partial charge in [-0.3, -0.25) is 4.98 Å². The van der Waals surface area contributed by atoms with Crippen molar-refractivity contribution >= 4 is 22.5 Å². The Labute approximate surface area is 129 Å². The molecule has 0 radical (unpaired) electrons. The molecule has 0 fully saturated rings. The number of fused-ring (bicyclic) bond motifs is 1. The van der Waals surface area contributed by atoms with Crippen LogP contribution in [-0.4, -0.2) is 11.0 Å². The van der Waals surface area contributed by atoms with Crippen molar-refractivity contribution < 1.29 is 0 Å². The third-order valence-electron chi connectivity index (χ3n) is 3.63. The van der Waals surface area contributed by atoms with Crippen molar-refractivity contribution in [1.82, 2.24) is 4.98 Å². The van der Waals surface area contributed by atoms with Gasteiger partial charge in [0.05, 0.1) is 5.52 Å². The van der Waals surface area contributed by atoms with Crippen LogP contribution in [0.15, 0.2) is 60.8 Å². The molecule has 0 aliphatic rings. The molecular weight excluding hydrogens is 280 g/mol. The Hall–Kier alpha value is -1.90. The van der Waals surface area contributed by atoms with Crippen LogP contribution < -0.4 is 5.73 Å². The fourth-order valence-electron chi connectivity index (χ4n) is 2.61. The predicted octanol–water partition coefficient (Wildman–Crippen LogP) is 4.00. The van der Waals surface area contributed by atoms with Crippen LogP contribution in [0.2, 0.25) is 5.02 Å². The summed E-state index contributed by atoms with van der Waals surface area (Å²) in [5.41, 5.74) is 9.80. The van der Waals surface area contributed by atoms with E-state index in [0.717, 1.165) is 23.4 Å². The predicted molar refractivity (Wildman–Crippen MR) is 88.6 cm³/mol. The average molecular weight is 297 g/mol. The van der Waals surface area contributed by atoms with E-state index in [2.05, 4.69) is 17.1 Å². The number of rotatable bonds is 4. The molecule has 0 amide bonds. The van der Waals surface area contributed by atoms with Gasteiger partial charge in [-0.05, 0) is 48.2 Å². The van der Waals surface area contributed by atoms with Crippen molar-refractivity contribution in [2.24, 2.45) is 5.73 Å². The molecule has 3 heteroatoms. The summed E-state index contributed by atoms with van der Waals surface area (Å²) in [5.74, 6) is 0. The van der Waals surface area contributed by atoms with Gasteiger partial charge in [-0.25, -0.2) is 0 Å². The van der Waals surface area contributed by atoms with E-state index in [9.17, 15) is 0 Å². The molecule has 2 N–H and O–H groups in total. The number of halogens is 1. The van der Waals surface area contributed by atoms with E-state index in [1.54, 1.807) is 0 Å². The van der Waals surface area contributed by atoms with Crippen molar-refractivity contribution in [3.63, 3.8) is 0 Å². The van der Waals surface area contributed by atoms with E-state index in [1.807, 2.05) is 48.7 Å². The summed E-state index contributed by atoms with van der Waals surface area (Å²) in [6, 6.07) is 18.2. The number of nitrogens with zero attached hydrogens (tertiary/aromatic N) is 1. The average Bonchev–Trinajstić information content (AvgIpc) is 2.50. The molecule has 0 saturated heterocycles. The van der Waals surface area contributed by atoms with Gasteiger partial charge < -0.3 is 5.73 Å². The highest BCUT2D eigenvalue weighted by molar-refractivity contribution is 6.30. The van der Waals surface area contributed by atoms with Crippen LogP contribution in [-0.2, 0) is 12.8 Å². The van der Waals surface area contributed by atoms with Gasteiger partial charge in [-0.15, -0.1) is 0 Å². The minimum atomic E-state index is 0.0805. The minimum Gasteiger partial charge on any atom is -0.327 e. The quantitative estimate of drug-likeness (QED) is 0.790. The zero-order chi connectivity index (χ0) is 14.7. The molecule has 2 aromatic carbocycles. The molecule has 1 heterocycles. The topological polar surface area (TPSA) is 38.9 Å². The maximum atomic E-state index is 6.31. The van der Waals surface area contributed by atoms with Gasteiger partial charge in [0, 0.05) is 22.6 Å². The Bertz CT molecular complexity index is 732. The van der Waals surface area contributed by atoms with Gasteiger partial charge in [0.2, 0.25) is 0 Å². The monoisotopic (exact) mass is 296 g/mol. The van der Waals surface area contributed by atoms with Crippen LogP contribution in [0.3, 0.4) is 0 Å². The maximum Gasteiger partial charge on any atom is 0.0704 e. The number of aromatic nitrogens is 1. The van der Waals surface area contributed by atoms with Crippen LogP contribution in [0.1, 0.15) is 11.1 Å². The fourth-order valence-corrected chi connectivity index (χ4v) is 2.74. The van der Waals surface area contributed by atoms with Crippen LogP contribution in [0.25, 0.3) is 10.9 Å². The number of hydrogen-bond acceptors (Lipinski definition) is 2.